The number of methoxy groups -OCH3 is 1. The third-order valence-corrected chi connectivity index (χ3v) is 5.65. The molecule has 4 rings (SSSR count). The van der Waals surface area contributed by atoms with Crippen molar-refractivity contribution in [3.63, 3.8) is 0 Å². The van der Waals surface area contributed by atoms with Gasteiger partial charge in [-0.3, -0.25) is 19.3 Å². The summed E-state index contributed by atoms with van der Waals surface area (Å²) in [4.78, 5) is 38.9. The van der Waals surface area contributed by atoms with Crippen LogP contribution in [0.15, 0.2) is 64.8 Å². The number of carbonyl (C=O) groups is 3. The molecule has 1 saturated heterocycles. The molecule has 0 saturated carbocycles. The van der Waals surface area contributed by atoms with E-state index < -0.39 is 23.5 Å². The van der Waals surface area contributed by atoms with Crippen molar-refractivity contribution in [2.45, 2.75) is 19.9 Å². The number of nitrogens with one attached hydrogen (secondary N) is 1. The SMILES string of the molecule is COc1c(Cl)cc(C)cc1/C(O)=C1/C(=O)C(=O)N(c2ccc(NC(C)=O)cc2)C1c1ccco1. The van der Waals surface area contributed by atoms with Crippen LogP contribution in [0.3, 0.4) is 0 Å². The van der Waals surface area contributed by atoms with Crippen LogP contribution in [0.25, 0.3) is 5.76 Å². The molecular formula is C25H21ClN2O6. The molecule has 1 atom stereocenters. The van der Waals surface area contributed by atoms with Crippen LogP contribution in [-0.2, 0) is 14.4 Å². The zero-order valence-electron chi connectivity index (χ0n) is 18.6. The van der Waals surface area contributed by atoms with E-state index in [1.165, 1.54) is 25.2 Å². The number of ether oxygens (including phenoxy) is 1. The average molecular weight is 481 g/mol. The third kappa shape index (κ3) is 4.04. The van der Waals surface area contributed by atoms with E-state index in [2.05, 4.69) is 5.32 Å². The van der Waals surface area contributed by atoms with Crippen LogP contribution in [0.5, 0.6) is 5.75 Å². The van der Waals surface area contributed by atoms with Crippen molar-refractivity contribution in [3.05, 3.63) is 82.3 Å². The van der Waals surface area contributed by atoms with Crippen LogP contribution in [-0.4, -0.2) is 29.8 Å². The maximum Gasteiger partial charge on any atom is 0.300 e. The van der Waals surface area contributed by atoms with Gasteiger partial charge in [0.15, 0.2) is 0 Å². The number of aliphatic hydroxyl groups excluding tert-OH is 1. The van der Waals surface area contributed by atoms with Gasteiger partial charge >= 0.3 is 0 Å². The van der Waals surface area contributed by atoms with Gasteiger partial charge in [0.1, 0.15) is 23.3 Å². The maximum atomic E-state index is 13.2. The van der Waals surface area contributed by atoms with Gasteiger partial charge in [0, 0.05) is 18.3 Å². The van der Waals surface area contributed by atoms with Gasteiger partial charge in [-0.05, 0) is 61.0 Å². The summed E-state index contributed by atoms with van der Waals surface area (Å²) >= 11 is 6.29. The number of ketones is 1. The van der Waals surface area contributed by atoms with Crippen molar-refractivity contribution in [1.29, 1.82) is 0 Å². The Bertz CT molecular complexity index is 1310. The van der Waals surface area contributed by atoms with E-state index in [0.29, 0.717) is 11.4 Å². The number of aliphatic hydroxyl groups is 1. The second-order valence-electron chi connectivity index (χ2n) is 7.74. The lowest BCUT2D eigenvalue weighted by atomic mass is 9.97. The molecule has 1 aliphatic rings. The highest BCUT2D eigenvalue weighted by Crippen LogP contribution is 2.44. The van der Waals surface area contributed by atoms with E-state index in [9.17, 15) is 19.5 Å². The molecule has 1 aromatic heterocycles. The van der Waals surface area contributed by atoms with Crippen molar-refractivity contribution in [1.82, 2.24) is 0 Å². The number of hydrogen-bond donors (Lipinski definition) is 2. The Morgan fingerprint density at radius 1 is 1.18 bits per heavy atom. The standard InChI is InChI=1S/C25H21ClN2O6/c1-13-11-17(24(33-3)18(26)12-13)22(30)20-21(19-5-4-10-34-19)28(25(32)23(20)31)16-8-6-15(7-9-16)27-14(2)29/h4-12,21,30H,1-3H3,(H,27,29)/b22-20-. The van der Waals surface area contributed by atoms with Crippen LogP contribution in [0.1, 0.15) is 29.9 Å². The molecule has 2 heterocycles. The molecule has 0 spiro atoms. The minimum absolute atomic E-state index is 0.161. The fraction of sp³-hybridized carbons (Fsp3) is 0.160. The number of furan rings is 1. The molecule has 2 aromatic carbocycles. The number of aryl methyl sites for hydroxylation is 1. The largest absolute Gasteiger partial charge is 0.507 e. The monoisotopic (exact) mass is 480 g/mol. The van der Waals surface area contributed by atoms with E-state index in [1.54, 1.807) is 55.5 Å². The molecule has 2 N–H and O–H groups in total. The first-order valence-corrected chi connectivity index (χ1v) is 10.7. The number of benzene rings is 2. The number of rotatable bonds is 5. The van der Waals surface area contributed by atoms with Crippen molar-refractivity contribution >= 4 is 46.3 Å². The Labute approximate surface area is 200 Å². The van der Waals surface area contributed by atoms with Crippen LogP contribution in [0.2, 0.25) is 5.02 Å². The van der Waals surface area contributed by atoms with E-state index in [4.69, 9.17) is 20.8 Å². The van der Waals surface area contributed by atoms with Crippen molar-refractivity contribution in [3.8, 4) is 5.75 Å². The molecule has 0 bridgehead atoms. The minimum Gasteiger partial charge on any atom is -0.507 e. The van der Waals surface area contributed by atoms with Crippen LogP contribution < -0.4 is 15.0 Å². The lowest BCUT2D eigenvalue weighted by Gasteiger charge is -2.24. The molecule has 3 aromatic rings. The first-order chi connectivity index (χ1) is 16.2. The number of hydrogen-bond acceptors (Lipinski definition) is 6. The number of carbonyl (C=O) groups excluding carboxylic acids is 3. The number of halogens is 1. The molecule has 2 amide bonds. The molecule has 8 nitrogen and oxygen atoms in total. The van der Waals surface area contributed by atoms with E-state index >= 15 is 0 Å². The molecular weight excluding hydrogens is 460 g/mol. The topological polar surface area (TPSA) is 109 Å². The predicted molar refractivity (Wildman–Crippen MR) is 127 cm³/mol. The summed E-state index contributed by atoms with van der Waals surface area (Å²) in [7, 11) is 1.40. The van der Waals surface area contributed by atoms with Gasteiger partial charge in [-0.25, -0.2) is 0 Å². The molecule has 9 heteroatoms. The highest BCUT2D eigenvalue weighted by Gasteiger charge is 2.48. The summed E-state index contributed by atoms with van der Waals surface area (Å²) in [6.45, 7) is 3.16. The highest BCUT2D eigenvalue weighted by atomic mass is 35.5. The summed E-state index contributed by atoms with van der Waals surface area (Å²) in [5.74, 6) is -1.94. The average Bonchev–Trinajstić information content (AvgIpc) is 3.40. The molecule has 174 valence electrons. The van der Waals surface area contributed by atoms with Gasteiger partial charge in [-0.2, -0.15) is 0 Å². The molecule has 1 unspecified atom stereocenters. The zero-order valence-corrected chi connectivity index (χ0v) is 19.3. The molecule has 1 fully saturated rings. The van der Waals surface area contributed by atoms with Gasteiger partial charge in [0.25, 0.3) is 11.7 Å². The second kappa shape index (κ2) is 9.07. The van der Waals surface area contributed by atoms with Crippen LogP contribution >= 0.6 is 11.6 Å². The summed E-state index contributed by atoms with van der Waals surface area (Å²) in [6.07, 6.45) is 1.42. The summed E-state index contributed by atoms with van der Waals surface area (Å²) in [5.41, 5.74) is 1.66. The van der Waals surface area contributed by atoms with E-state index in [0.717, 1.165) is 5.56 Å². The quantitative estimate of drug-likeness (QED) is 0.307. The first kappa shape index (κ1) is 23.1. The van der Waals surface area contributed by atoms with Crippen LogP contribution in [0.4, 0.5) is 11.4 Å². The van der Waals surface area contributed by atoms with Gasteiger partial charge in [-0.15, -0.1) is 0 Å². The Kier molecular flexibility index (Phi) is 6.17. The number of amides is 2. The molecule has 34 heavy (non-hydrogen) atoms. The first-order valence-electron chi connectivity index (χ1n) is 10.3. The van der Waals surface area contributed by atoms with Crippen LogP contribution in [0, 0.1) is 6.92 Å². The van der Waals surface area contributed by atoms with E-state index in [-0.39, 0.29) is 33.6 Å². The van der Waals surface area contributed by atoms with Crippen molar-refractivity contribution < 1.29 is 28.6 Å². The smallest absolute Gasteiger partial charge is 0.300 e. The van der Waals surface area contributed by atoms with Gasteiger partial charge in [0.2, 0.25) is 5.91 Å². The van der Waals surface area contributed by atoms with Crippen molar-refractivity contribution in [2.75, 3.05) is 17.3 Å². The summed E-state index contributed by atoms with van der Waals surface area (Å²) < 4.78 is 10.9. The minimum atomic E-state index is -1.04. The molecule has 1 aliphatic heterocycles. The molecule has 0 radical (unpaired) electrons. The van der Waals surface area contributed by atoms with E-state index in [1.807, 2.05) is 0 Å². The summed E-state index contributed by atoms with van der Waals surface area (Å²) in [5, 5.41) is 14.2. The Morgan fingerprint density at radius 2 is 1.88 bits per heavy atom. The van der Waals surface area contributed by atoms with Gasteiger partial charge in [-0.1, -0.05) is 11.6 Å². The Balaban J connectivity index is 1.90. The number of nitrogens with zero attached hydrogens (tertiary/aromatic N) is 1. The van der Waals surface area contributed by atoms with Gasteiger partial charge < -0.3 is 19.6 Å². The second-order valence-corrected chi connectivity index (χ2v) is 8.15. The lowest BCUT2D eigenvalue weighted by Crippen LogP contribution is -2.29. The number of Topliss-reactive ketones (excluding diaryl/α,β-unsaturated/α-hetero) is 1. The Hall–Kier alpha value is -4.04. The normalized spacial score (nSPS) is 17.2. The molecule has 0 aliphatic carbocycles. The predicted octanol–water partition coefficient (Wildman–Crippen LogP) is 4.83. The lowest BCUT2D eigenvalue weighted by molar-refractivity contribution is -0.132. The summed E-state index contributed by atoms with van der Waals surface area (Å²) in [6, 6.07) is 11.9. The number of anilines is 2. The fourth-order valence-electron chi connectivity index (χ4n) is 3.98. The fourth-order valence-corrected chi connectivity index (χ4v) is 4.33. The zero-order chi connectivity index (χ0) is 24.6. The van der Waals surface area contributed by atoms with Crippen molar-refractivity contribution in [2.24, 2.45) is 0 Å². The van der Waals surface area contributed by atoms with Gasteiger partial charge in [0.05, 0.1) is 29.5 Å². The Morgan fingerprint density at radius 3 is 2.47 bits per heavy atom. The maximum absolute atomic E-state index is 13.2. The highest BCUT2D eigenvalue weighted by molar-refractivity contribution is 6.51. The third-order valence-electron chi connectivity index (χ3n) is 5.37.